The van der Waals surface area contributed by atoms with Crippen LogP contribution < -0.4 is 24.5 Å². The Labute approximate surface area is 189 Å². The van der Waals surface area contributed by atoms with E-state index in [4.69, 9.17) is 14.2 Å². The van der Waals surface area contributed by atoms with E-state index in [0.717, 1.165) is 18.8 Å². The monoisotopic (exact) mass is 443 g/mol. The molecular weight excluding hydrogens is 410 g/mol. The van der Waals surface area contributed by atoms with Crippen LogP contribution in [-0.4, -0.2) is 50.1 Å². The number of carbonyl (C=O) groups excluding carboxylic acids is 1. The van der Waals surface area contributed by atoms with E-state index in [1.54, 1.807) is 24.3 Å². The highest BCUT2D eigenvalue weighted by Crippen LogP contribution is 2.39. The first-order valence-corrected chi connectivity index (χ1v) is 11.0. The van der Waals surface area contributed by atoms with Crippen LogP contribution in [0.25, 0.3) is 0 Å². The van der Waals surface area contributed by atoms with Gasteiger partial charge < -0.3 is 24.2 Å². The van der Waals surface area contributed by atoms with Crippen molar-refractivity contribution in [3.8, 4) is 23.0 Å². The van der Waals surface area contributed by atoms with Gasteiger partial charge in [0.1, 0.15) is 5.75 Å². The zero-order valence-corrected chi connectivity index (χ0v) is 19.5. The van der Waals surface area contributed by atoms with E-state index in [9.17, 15) is 9.90 Å². The first-order valence-electron chi connectivity index (χ1n) is 11.0. The van der Waals surface area contributed by atoms with Crippen molar-refractivity contribution in [2.24, 2.45) is 5.10 Å². The average molecular weight is 444 g/mol. The van der Waals surface area contributed by atoms with Gasteiger partial charge in [0.05, 0.1) is 26.0 Å². The van der Waals surface area contributed by atoms with Crippen molar-refractivity contribution in [3.05, 3.63) is 41.5 Å². The number of carbonyl (C=O) groups is 1. The first kappa shape index (κ1) is 24.8. The Hall–Kier alpha value is -3.42. The van der Waals surface area contributed by atoms with Gasteiger partial charge >= 0.3 is 0 Å². The second-order valence-electron chi connectivity index (χ2n) is 6.72. The number of amides is 1. The molecule has 0 radical (unpaired) electrons. The number of hydrazone groups is 1. The normalized spacial score (nSPS) is 10.8. The summed E-state index contributed by atoms with van der Waals surface area (Å²) in [7, 11) is 0. The lowest BCUT2D eigenvalue weighted by molar-refractivity contribution is 0.0954. The molecule has 0 aliphatic rings. The summed E-state index contributed by atoms with van der Waals surface area (Å²) in [6.07, 6.45) is 1.40. The molecule has 0 bridgehead atoms. The third-order valence-corrected chi connectivity index (χ3v) is 4.68. The lowest BCUT2D eigenvalue weighted by Gasteiger charge is -2.21. The van der Waals surface area contributed by atoms with Gasteiger partial charge in [-0.05, 0) is 58.9 Å². The third-order valence-electron chi connectivity index (χ3n) is 4.68. The molecule has 2 N–H and O–H groups in total. The number of anilines is 1. The third kappa shape index (κ3) is 6.29. The van der Waals surface area contributed by atoms with Crippen LogP contribution in [-0.2, 0) is 0 Å². The number of hydrogen-bond donors (Lipinski definition) is 2. The summed E-state index contributed by atoms with van der Waals surface area (Å²) in [5.74, 6) is 0.976. The maximum atomic E-state index is 12.7. The Bertz CT molecular complexity index is 899. The Morgan fingerprint density at radius 3 is 2.06 bits per heavy atom. The van der Waals surface area contributed by atoms with Crippen LogP contribution >= 0.6 is 0 Å². The van der Waals surface area contributed by atoms with Crippen LogP contribution in [0.15, 0.2) is 35.4 Å². The molecule has 0 aromatic heterocycles. The Kier molecular flexibility index (Phi) is 9.66. The van der Waals surface area contributed by atoms with Gasteiger partial charge in [0, 0.05) is 36.0 Å². The van der Waals surface area contributed by atoms with Gasteiger partial charge in [-0.1, -0.05) is 0 Å². The number of phenols is 1. The fraction of sp³-hybridized carbons (Fsp3) is 0.417. The highest BCUT2D eigenvalue weighted by atomic mass is 16.5. The van der Waals surface area contributed by atoms with Crippen LogP contribution in [0.4, 0.5) is 5.69 Å². The summed E-state index contributed by atoms with van der Waals surface area (Å²) in [5.41, 5.74) is 4.22. The van der Waals surface area contributed by atoms with Gasteiger partial charge in [0.15, 0.2) is 11.5 Å². The molecule has 8 heteroatoms. The van der Waals surface area contributed by atoms with Crippen LogP contribution in [0.3, 0.4) is 0 Å². The predicted molar refractivity (Wildman–Crippen MR) is 127 cm³/mol. The summed E-state index contributed by atoms with van der Waals surface area (Å²) in [5, 5.41) is 14.3. The Morgan fingerprint density at radius 1 is 0.969 bits per heavy atom. The van der Waals surface area contributed by atoms with E-state index < -0.39 is 5.91 Å². The number of phenolic OH excluding ortho intramolecular Hbond substituents is 1. The fourth-order valence-corrected chi connectivity index (χ4v) is 3.17. The second-order valence-corrected chi connectivity index (χ2v) is 6.72. The fourth-order valence-electron chi connectivity index (χ4n) is 3.17. The number of benzene rings is 2. The number of ether oxygens (including phenoxy) is 3. The molecule has 32 heavy (non-hydrogen) atoms. The molecule has 1 amide bonds. The van der Waals surface area contributed by atoms with Crippen molar-refractivity contribution in [2.45, 2.75) is 34.6 Å². The molecule has 8 nitrogen and oxygen atoms in total. The van der Waals surface area contributed by atoms with E-state index in [-0.39, 0.29) is 5.75 Å². The summed E-state index contributed by atoms with van der Waals surface area (Å²) < 4.78 is 17.0. The predicted octanol–water partition coefficient (Wildman–Crippen LogP) is 4.20. The molecule has 0 saturated heterocycles. The minimum absolute atomic E-state index is 0.0886. The van der Waals surface area contributed by atoms with Crippen LogP contribution in [0.2, 0.25) is 0 Å². The second kappa shape index (κ2) is 12.4. The Balaban J connectivity index is 2.21. The molecule has 0 spiro atoms. The van der Waals surface area contributed by atoms with Crippen molar-refractivity contribution in [2.75, 3.05) is 37.8 Å². The van der Waals surface area contributed by atoms with Crippen molar-refractivity contribution in [3.63, 3.8) is 0 Å². The van der Waals surface area contributed by atoms with Crippen molar-refractivity contribution < 1.29 is 24.1 Å². The Morgan fingerprint density at radius 2 is 1.56 bits per heavy atom. The molecule has 2 aromatic carbocycles. The van der Waals surface area contributed by atoms with Crippen LogP contribution in [0.5, 0.6) is 23.0 Å². The van der Waals surface area contributed by atoms with E-state index in [1.807, 2.05) is 26.8 Å². The van der Waals surface area contributed by atoms with E-state index >= 15 is 0 Å². The standard InChI is InChI=1S/C24H33N3O5/c1-6-27(7-2)19-12-11-17(20(28)15-19)16-25-26-24(29)18-13-21(30-8-3)23(32-10-5)22(14-18)31-9-4/h11-16,28H,6-10H2,1-5H3,(H,26,29)/b25-16+. The van der Waals surface area contributed by atoms with E-state index in [1.165, 1.54) is 6.21 Å². The van der Waals surface area contributed by atoms with Gasteiger partial charge in [-0.15, -0.1) is 0 Å². The largest absolute Gasteiger partial charge is 0.507 e. The molecule has 0 unspecified atom stereocenters. The maximum Gasteiger partial charge on any atom is 0.271 e. The molecule has 0 saturated carbocycles. The number of aromatic hydroxyl groups is 1. The number of nitrogens with zero attached hydrogens (tertiary/aromatic N) is 2. The molecule has 174 valence electrons. The maximum absolute atomic E-state index is 12.7. The van der Waals surface area contributed by atoms with Gasteiger partial charge in [-0.25, -0.2) is 5.43 Å². The van der Waals surface area contributed by atoms with Gasteiger partial charge in [-0.3, -0.25) is 4.79 Å². The minimum Gasteiger partial charge on any atom is -0.507 e. The number of nitrogens with one attached hydrogen (secondary N) is 1. The topological polar surface area (TPSA) is 92.6 Å². The summed E-state index contributed by atoms with van der Waals surface area (Å²) in [6.45, 7) is 12.6. The quantitative estimate of drug-likeness (QED) is 0.377. The van der Waals surface area contributed by atoms with Gasteiger partial charge in [0.2, 0.25) is 5.75 Å². The van der Waals surface area contributed by atoms with Crippen LogP contribution in [0, 0.1) is 0 Å². The molecule has 0 aliphatic carbocycles. The number of hydrogen-bond acceptors (Lipinski definition) is 7. The van der Waals surface area contributed by atoms with Gasteiger partial charge in [0.25, 0.3) is 5.91 Å². The molecule has 2 aromatic rings. The average Bonchev–Trinajstić information content (AvgIpc) is 2.78. The molecule has 0 fully saturated rings. The molecule has 2 rings (SSSR count). The highest BCUT2D eigenvalue weighted by molar-refractivity contribution is 5.96. The lowest BCUT2D eigenvalue weighted by atomic mass is 10.1. The molecule has 0 aliphatic heterocycles. The van der Waals surface area contributed by atoms with Crippen molar-refractivity contribution in [1.82, 2.24) is 5.43 Å². The number of rotatable bonds is 12. The SMILES string of the molecule is CCOc1cc(C(=O)N/N=C/c2ccc(N(CC)CC)cc2O)cc(OCC)c1OCC. The highest BCUT2D eigenvalue weighted by Gasteiger charge is 2.18. The minimum atomic E-state index is -0.439. The van der Waals surface area contributed by atoms with Crippen molar-refractivity contribution >= 4 is 17.8 Å². The summed E-state index contributed by atoms with van der Waals surface area (Å²) in [4.78, 5) is 14.8. The summed E-state index contributed by atoms with van der Waals surface area (Å²) in [6, 6.07) is 8.54. The molecule has 0 atom stereocenters. The summed E-state index contributed by atoms with van der Waals surface area (Å²) >= 11 is 0. The molecular formula is C24H33N3O5. The van der Waals surface area contributed by atoms with Crippen molar-refractivity contribution in [1.29, 1.82) is 0 Å². The zero-order chi connectivity index (χ0) is 23.5. The lowest BCUT2D eigenvalue weighted by Crippen LogP contribution is -2.21. The smallest absolute Gasteiger partial charge is 0.271 e. The first-order chi connectivity index (χ1) is 15.5. The van der Waals surface area contributed by atoms with Crippen LogP contribution in [0.1, 0.15) is 50.5 Å². The van der Waals surface area contributed by atoms with E-state index in [2.05, 4.69) is 29.3 Å². The molecule has 0 heterocycles. The van der Waals surface area contributed by atoms with Gasteiger partial charge in [-0.2, -0.15) is 5.10 Å². The zero-order valence-electron chi connectivity index (χ0n) is 19.5. The van der Waals surface area contributed by atoms with E-state index in [0.29, 0.717) is 48.2 Å².